The number of hydrogen-bond acceptors (Lipinski definition) is 6. The average Bonchev–Trinajstić information content (AvgIpc) is 3.47. The first-order chi connectivity index (χ1) is 15.1. The highest BCUT2D eigenvalue weighted by Gasteiger charge is 2.33. The highest BCUT2D eigenvalue weighted by Crippen LogP contribution is 2.34. The molecule has 3 aromatic rings. The zero-order chi connectivity index (χ0) is 22.1. The molecule has 4 rings (SSSR count). The summed E-state index contributed by atoms with van der Waals surface area (Å²) in [5, 5.41) is 21.2. The number of hydrogen-bond donors (Lipinski definition) is 2. The fourth-order valence-electron chi connectivity index (χ4n) is 3.84. The van der Waals surface area contributed by atoms with Gasteiger partial charge in [-0.1, -0.05) is 0 Å². The Kier molecular flexibility index (Phi) is 7.80. The van der Waals surface area contributed by atoms with Crippen LogP contribution in [0.1, 0.15) is 18.4 Å². The molecule has 0 amide bonds. The molecule has 166 valence electrons. The number of benzene rings is 1. The van der Waals surface area contributed by atoms with E-state index in [-0.39, 0.29) is 18.5 Å². The monoisotopic (exact) mass is 428 g/mol. The molecule has 2 N–H and O–H groups in total. The van der Waals surface area contributed by atoms with E-state index in [1.54, 1.807) is 13.3 Å². The average molecular weight is 428 g/mol. The van der Waals surface area contributed by atoms with Gasteiger partial charge in [0.1, 0.15) is 11.6 Å². The van der Waals surface area contributed by atoms with Gasteiger partial charge in [-0.15, -0.1) is 0 Å². The summed E-state index contributed by atoms with van der Waals surface area (Å²) in [6.45, 7) is 2.65. The van der Waals surface area contributed by atoms with Gasteiger partial charge in [0.25, 0.3) is 6.47 Å². The molecule has 1 fully saturated rings. The lowest BCUT2D eigenvalue weighted by Gasteiger charge is -2.36. The molecule has 1 aliphatic rings. The highest BCUT2D eigenvalue weighted by molar-refractivity contribution is 5.59. The summed E-state index contributed by atoms with van der Waals surface area (Å²) in [6, 6.07) is 8.02. The summed E-state index contributed by atoms with van der Waals surface area (Å²) in [5.74, 6) is 1.72. The van der Waals surface area contributed by atoms with Gasteiger partial charge in [-0.2, -0.15) is 5.10 Å². The minimum atomic E-state index is -0.250. The fraction of sp³-hybridized carbons (Fsp3) is 0.409. The van der Waals surface area contributed by atoms with Gasteiger partial charge in [0, 0.05) is 61.1 Å². The van der Waals surface area contributed by atoms with Crippen molar-refractivity contribution >= 4 is 6.47 Å². The van der Waals surface area contributed by atoms with Gasteiger partial charge in [0.15, 0.2) is 0 Å². The van der Waals surface area contributed by atoms with Crippen molar-refractivity contribution in [2.24, 2.45) is 5.41 Å². The molecule has 9 heteroatoms. The Balaban J connectivity index is 0.000000858. The summed E-state index contributed by atoms with van der Waals surface area (Å²) in [4.78, 5) is 13.0. The first-order valence-corrected chi connectivity index (χ1v) is 10.1. The van der Waals surface area contributed by atoms with Crippen LogP contribution < -0.4 is 4.74 Å². The van der Waals surface area contributed by atoms with E-state index in [9.17, 15) is 5.11 Å². The van der Waals surface area contributed by atoms with E-state index in [1.165, 1.54) is 0 Å². The number of aromatic nitrogens is 4. The van der Waals surface area contributed by atoms with Gasteiger partial charge < -0.3 is 24.3 Å². The third-order valence-corrected chi connectivity index (χ3v) is 5.54. The zero-order valence-electron chi connectivity index (χ0n) is 17.6. The maximum Gasteiger partial charge on any atom is 0.290 e. The minimum absolute atomic E-state index is 0.154. The van der Waals surface area contributed by atoms with E-state index in [4.69, 9.17) is 19.4 Å². The van der Waals surface area contributed by atoms with Crippen molar-refractivity contribution in [1.82, 2.24) is 19.3 Å². The predicted octanol–water partition coefficient (Wildman–Crippen LogP) is 2.29. The lowest BCUT2D eigenvalue weighted by Crippen LogP contribution is -2.37. The third-order valence-electron chi connectivity index (χ3n) is 5.54. The third kappa shape index (κ3) is 5.50. The molecule has 0 radical (unpaired) electrons. The van der Waals surface area contributed by atoms with Crippen LogP contribution in [-0.2, 0) is 22.6 Å². The summed E-state index contributed by atoms with van der Waals surface area (Å²) < 4.78 is 15.0. The normalized spacial score (nSPS) is 15.0. The maximum atomic E-state index is 10.0. The summed E-state index contributed by atoms with van der Waals surface area (Å²) in [6.07, 6.45) is 9.22. The second-order valence-electron chi connectivity index (χ2n) is 7.48. The molecule has 1 saturated heterocycles. The maximum absolute atomic E-state index is 10.0. The molecule has 31 heavy (non-hydrogen) atoms. The van der Waals surface area contributed by atoms with Crippen molar-refractivity contribution in [3.05, 3.63) is 54.6 Å². The van der Waals surface area contributed by atoms with Crippen LogP contribution in [0.5, 0.6) is 5.75 Å². The minimum Gasteiger partial charge on any atom is -0.496 e. The number of rotatable bonds is 7. The van der Waals surface area contributed by atoms with Gasteiger partial charge in [-0.25, -0.2) is 4.98 Å². The Hall–Kier alpha value is -3.17. The first-order valence-electron chi connectivity index (χ1n) is 10.1. The van der Waals surface area contributed by atoms with Gasteiger partial charge in [-0.3, -0.25) is 9.48 Å². The van der Waals surface area contributed by atoms with Crippen molar-refractivity contribution in [1.29, 1.82) is 0 Å². The number of ether oxygens (including phenoxy) is 2. The molecule has 0 saturated carbocycles. The lowest BCUT2D eigenvalue weighted by atomic mass is 9.81. The Morgan fingerprint density at radius 1 is 1.26 bits per heavy atom. The molecule has 1 aliphatic heterocycles. The van der Waals surface area contributed by atoms with Crippen molar-refractivity contribution in [2.45, 2.75) is 25.9 Å². The van der Waals surface area contributed by atoms with Gasteiger partial charge in [0.2, 0.25) is 0 Å². The molecule has 1 aromatic carbocycles. The fourth-order valence-corrected chi connectivity index (χ4v) is 3.84. The quantitative estimate of drug-likeness (QED) is 0.555. The molecular formula is C22H28N4O5. The molecule has 0 unspecified atom stereocenters. The van der Waals surface area contributed by atoms with Crippen molar-refractivity contribution in [3.8, 4) is 17.1 Å². The van der Waals surface area contributed by atoms with Crippen LogP contribution in [-0.4, -0.2) is 62.9 Å². The summed E-state index contributed by atoms with van der Waals surface area (Å²) in [7, 11) is 1.68. The number of aliphatic hydroxyl groups is 1. The molecular weight excluding hydrogens is 400 g/mol. The molecule has 0 aliphatic carbocycles. The van der Waals surface area contributed by atoms with E-state index in [1.807, 2.05) is 41.5 Å². The van der Waals surface area contributed by atoms with E-state index in [0.29, 0.717) is 19.8 Å². The van der Waals surface area contributed by atoms with E-state index in [2.05, 4.69) is 20.7 Å². The SMILES string of the molecule is COc1ccc(-c2nccn2CC2(CO)CCOCC2)cc1Cn1cccn1.O=CO. The first kappa shape index (κ1) is 22.5. The highest BCUT2D eigenvalue weighted by atomic mass is 16.5. The Morgan fingerprint density at radius 3 is 2.68 bits per heavy atom. The van der Waals surface area contributed by atoms with E-state index in [0.717, 1.165) is 42.1 Å². The number of carboxylic acid groups (broad SMARTS) is 1. The molecule has 9 nitrogen and oxygen atoms in total. The second kappa shape index (κ2) is 10.7. The van der Waals surface area contributed by atoms with Crippen molar-refractivity contribution < 1.29 is 24.5 Å². The molecule has 2 aromatic heterocycles. The zero-order valence-corrected chi connectivity index (χ0v) is 17.6. The largest absolute Gasteiger partial charge is 0.496 e. The Morgan fingerprint density at radius 2 is 2.03 bits per heavy atom. The van der Waals surface area contributed by atoms with Crippen LogP contribution in [0.25, 0.3) is 11.4 Å². The van der Waals surface area contributed by atoms with Gasteiger partial charge in [-0.05, 0) is 37.1 Å². The van der Waals surface area contributed by atoms with Crippen LogP contribution in [0.3, 0.4) is 0 Å². The van der Waals surface area contributed by atoms with E-state index < -0.39 is 0 Å². The van der Waals surface area contributed by atoms with E-state index >= 15 is 0 Å². The van der Waals surface area contributed by atoms with Crippen LogP contribution in [0, 0.1) is 5.41 Å². The van der Waals surface area contributed by atoms with Crippen LogP contribution in [0.4, 0.5) is 0 Å². The number of methoxy groups -OCH3 is 1. The van der Waals surface area contributed by atoms with Crippen LogP contribution in [0.15, 0.2) is 49.1 Å². The Bertz CT molecular complexity index is 949. The second-order valence-corrected chi connectivity index (χ2v) is 7.48. The number of imidazole rings is 1. The summed E-state index contributed by atoms with van der Waals surface area (Å²) in [5.41, 5.74) is 1.91. The van der Waals surface area contributed by atoms with Gasteiger partial charge in [0.05, 0.1) is 20.3 Å². The van der Waals surface area contributed by atoms with Crippen LogP contribution >= 0.6 is 0 Å². The molecule has 0 bridgehead atoms. The number of aliphatic hydroxyl groups excluding tert-OH is 1. The number of carbonyl (C=O) groups is 1. The standard InChI is InChI=1S/C21H26N4O3.CH2O2/c1-27-19-4-3-17(13-18(19)14-25-9-2-7-23-25)20-22-8-10-24(20)15-21(16-26)5-11-28-12-6-21;2-1-3/h2-4,7-10,13,26H,5-6,11-12,14-16H2,1H3;1H,(H,2,3). The smallest absolute Gasteiger partial charge is 0.290 e. The van der Waals surface area contributed by atoms with Crippen molar-refractivity contribution in [2.75, 3.05) is 26.9 Å². The molecule has 0 atom stereocenters. The Labute approximate surface area is 180 Å². The predicted molar refractivity (Wildman–Crippen MR) is 114 cm³/mol. The molecule has 3 heterocycles. The number of nitrogens with zero attached hydrogens (tertiary/aromatic N) is 4. The lowest BCUT2D eigenvalue weighted by molar-refractivity contribution is -0.122. The van der Waals surface area contributed by atoms with Crippen molar-refractivity contribution in [3.63, 3.8) is 0 Å². The molecule has 0 spiro atoms. The topological polar surface area (TPSA) is 112 Å². The summed E-state index contributed by atoms with van der Waals surface area (Å²) >= 11 is 0. The van der Waals surface area contributed by atoms with Gasteiger partial charge >= 0.3 is 0 Å². The van der Waals surface area contributed by atoms with Crippen LogP contribution in [0.2, 0.25) is 0 Å².